The van der Waals surface area contributed by atoms with E-state index in [2.05, 4.69) is 5.32 Å². The lowest BCUT2D eigenvalue weighted by Gasteiger charge is -2.26. The molecule has 0 bridgehead atoms. The monoisotopic (exact) mass is 474 g/mol. The molecule has 172 valence electrons. The van der Waals surface area contributed by atoms with Gasteiger partial charge in [0.1, 0.15) is 11.3 Å². The summed E-state index contributed by atoms with van der Waals surface area (Å²) in [5, 5.41) is 11.0. The van der Waals surface area contributed by atoms with Gasteiger partial charge < -0.3 is 19.3 Å². The Morgan fingerprint density at radius 3 is 2.45 bits per heavy atom. The van der Waals surface area contributed by atoms with Gasteiger partial charge in [-0.1, -0.05) is 11.6 Å². The van der Waals surface area contributed by atoms with E-state index in [0.29, 0.717) is 11.3 Å². The van der Waals surface area contributed by atoms with E-state index in [9.17, 15) is 19.2 Å². The van der Waals surface area contributed by atoms with E-state index in [1.807, 2.05) is 0 Å². The molecule has 10 nitrogen and oxygen atoms in total. The van der Waals surface area contributed by atoms with E-state index >= 15 is 0 Å². The quantitative estimate of drug-likeness (QED) is 0.441. The highest BCUT2D eigenvalue weighted by Crippen LogP contribution is 2.37. The van der Waals surface area contributed by atoms with Crippen molar-refractivity contribution < 1.29 is 38.5 Å². The smallest absolute Gasteiger partial charge is 0.341 e. The van der Waals surface area contributed by atoms with Gasteiger partial charge in [0, 0.05) is 0 Å². The molecule has 4 amide bonds. The molecule has 33 heavy (non-hydrogen) atoms. The number of nitrogens with zero attached hydrogens (tertiary/aromatic N) is 1. The first kappa shape index (κ1) is 23.6. The third kappa shape index (κ3) is 5.24. The normalized spacial score (nSPS) is 14.8. The summed E-state index contributed by atoms with van der Waals surface area (Å²) in [5.41, 5.74) is 0.221. The SMILES string of the molecule is CCOc1cc(C=C2C(=O)NC(=O)N(c3ccc(OC)cc3)C2=O)cc(Cl)c1OCC(=O)O. The minimum Gasteiger partial charge on any atom is -0.497 e. The first-order valence-corrected chi connectivity index (χ1v) is 9.99. The lowest BCUT2D eigenvalue weighted by molar-refractivity contribution is -0.139. The summed E-state index contributed by atoms with van der Waals surface area (Å²) < 4.78 is 15.7. The Balaban J connectivity index is 1.99. The van der Waals surface area contributed by atoms with Crippen molar-refractivity contribution in [3.63, 3.8) is 0 Å². The number of rotatable bonds is 8. The number of carbonyl (C=O) groups excluding carboxylic acids is 3. The largest absolute Gasteiger partial charge is 0.497 e. The third-order valence-corrected chi connectivity index (χ3v) is 4.70. The molecule has 3 rings (SSSR count). The van der Waals surface area contributed by atoms with E-state index in [0.717, 1.165) is 4.90 Å². The van der Waals surface area contributed by atoms with Gasteiger partial charge in [0.05, 0.1) is 24.4 Å². The Labute approximate surface area is 193 Å². The summed E-state index contributed by atoms with van der Waals surface area (Å²) in [7, 11) is 1.48. The highest BCUT2D eigenvalue weighted by atomic mass is 35.5. The average molecular weight is 475 g/mol. The second-order valence-electron chi connectivity index (χ2n) is 6.60. The summed E-state index contributed by atoms with van der Waals surface area (Å²) in [6.07, 6.45) is 1.25. The van der Waals surface area contributed by atoms with Gasteiger partial charge in [0.2, 0.25) is 0 Å². The number of urea groups is 1. The highest BCUT2D eigenvalue weighted by molar-refractivity contribution is 6.39. The number of imide groups is 2. The van der Waals surface area contributed by atoms with E-state index in [1.54, 1.807) is 19.1 Å². The Bertz CT molecular complexity index is 1140. The Kier molecular flexibility index (Phi) is 7.19. The number of aliphatic carboxylic acids is 1. The van der Waals surface area contributed by atoms with Gasteiger partial charge in [-0.25, -0.2) is 14.5 Å². The first-order chi connectivity index (χ1) is 15.7. The molecule has 1 fully saturated rings. The second kappa shape index (κ2) is 10.0. The minimum atomic E-state index is -1.20. The van der Waals surface area contributed by atoms with Crippen LogP contribution in [0.3, 0.4) is 0 Å². The third-order valence-electron chi connectivity index (χ3n) is 4.41. The van der Waals surface area contributed by atoms with Crippen LogP contribution in [0.1, 0.15) is 12.5 Å². The Morgan fingerprint density at radius 2 is 1.85 bits per heavy atom. The molecule has 11 heteroatoms. The Morgan fingerprint density at radius 1 is 1.15 bits per heavy atom. The zero-order chi connectivity index (χ0) is 24.1. The van der Waals surface area contributed by atoms with Crippen molar-refractivity contribution >= 4 is 47.2 Å². The molecule has 1 aliphatic rings. The molecule has 0 aliphatic carbocycles. The van der Waals surface area contributed by atoms with Crippen LogP contribution in [0.4, 0.5) is 10.5 Å². The second-order valence-corrected chi connectivity index (χ2v) is 7.01. The molecule has 2 N–H and O–H groups in total. The molecule has 2 aromatic rings. The lowest BCUT2D eigenvalue weighted by Crippen LogP contribution is -2.54. The molecule has 0 saturated carbocycles. The number of hydrogen-bond acceptors (Lipinski definition) is 7. The maximum Gasteiger partial charge on any atom is 0.341 e. The number of carbonyl (C=O) groups is 4. The van der Waals surface area contributed by atoms with Gasteiger partial charge in [-0.2, -0.15) is 0 Å². The number of methoxy groups -OCH3 is 1. The number of benzene rings is 2. The van der Waals surface area contributed by atoms with Crippen molar-refractivity contribution in [2.45, 2.75) is 6.92 Å². The van der Waals surface area contributed by atoms with E-state index in [1.165, 1.54) is 37.5 Å². The maximum atomic E-state index is 13.0. The fourth-order valence-electron chi connectivity index (χ4n) is 3.00. The standard InChI is InChI=1S/C22H19ClN2O8/c1-3-32-17-10-12(9-16(23)19(17)33-11-18(26)27)8-15-20(28)24-22(30)25(21(15)29)13-4-6-14(31-2)7-5-13/h4-10H,3,11H2,1-2H3,(H,26,27)(H,24,28,30). The van der Waals surface area contributed by atoms with Crippen molar-refractivity contribution in [3.05, 3.63) is 52.6 Å². The van der Waals surface area contributed by atoms with Crippen LogP contribution in [0.25, 0.3) is 6.08 Å². The van der Waals surface area contributed by atoms with Gasteiger partial charge in [-0.3, -0.25) is 14.9 Å². The molecule has 0 radical (unpaired) electrons. The molecule has 2 aromatic carbocycles. The lowest BCUT2D eigenvalue weighted by atomic mass is 10.1. The first-order valence-electron chi connectivity index (χ1n) is 9.61. The zero-order valence-corrected chi connectivity index (χ0v) is 18.3. The molecule has 1 saturated heterocycles. The minimum absolute atomic E-state index is 0.0116. The van der Waals surface area contributed by atoms with Crippen molar-refractivity contribution in [2.24, 2.45) is 0 Å². The van der Waals surface area contributed by atoms with E-state index in [-0.39, 0.29) is 34.4 Å². The summed E-state index contributed by atoms with van der Waals surface area (Å²) in [4.78, 5) is 49.4. The summed E-state index contributed by atoms with van der Waals surface area (Å²) in [6, 6.07) is 8.07. The molecule has 1 heterocycles. The van der Waals surface area contributed by atoms with Gasteiger partial charge in [0.15, 0.2) is 18.1 Å². The fraction of sp³-hybridized carbons (Fsp3) is 0.182. The molecule has 1 aliphatic heterocycles. The topological polar surface area (TPSA) is 131 Å². The predicted octanol–water partition coefficient (Wildman–Crippen LogP) is 2.88. The number of carboxylic acids is 1. The van der Waals surface area contributed by atoms with Crippen LogP contribution in [0.5, 0.6) is 17.2 Å². The van der Waals surface area contributed by atoms with Gasteiger partial charge in [-0.15, -0.1) is 0 Å². The van der Waals surface area contributed by atoms with Crippen molar-refractivity contribution in [2.75, 3.05) is 25.2 Å². The van der Waals surface area contributed by atoms with Crippen molar-refractivity contribution in [3.8, 4) is 17.2 Å². The number of hydrogen-bond donors (Lipinski definition) is 2. The zero-order valence-electron chi connectivity index (χ0n) is 17.6. The van der Waals surface area contributed by atoms with Crippen LogP contribution in [-0.2, 0) is 14.4 Å². The van der Waals surface area contributed by atoms with Crippen LogP contribution in [0, 0.1) is 0 Å². The molecular formula is C22H19ClN2O8. The molecule has 0 spiro atoms. The average Bonchev–Trinajstić information content (AvgIpc) is 2.76. The van der Waals surface area contributed by atoms with E-state index in [4.69, 9.17) is 30.9 Å². The molecule has 0 atom stereocenters. The van der Waals surface area contributed by atoms with Crippen LogP contribution in [0.2, 0.25) is 5.02 Å². The van der Waals surface area contributed by atoms with Gasteiger partial charge in [-0.05, 0) is 55.0 Å². The van der Waals surface area contributed by atoms with Crippen LogP contribution in [-0.4, -0.2) is 49.2 Å². The summed E-state index contributed by atoms with van der Waals surface area (Å²) in [5.74, 6) is -2.25. The molecule has 0 unspecified atom stereocenters. The summed E-state index contributed by atoms with van der Waals surface area (Å²) >= 11 is 6.23. The molecule has 0 aromatic heterocycles. The van der Waals surface area contributed by atoms with E-state index < -0.39 is 30.4 Å². The van der Waals surface area contributed by atoms with Crippen molar-refractivity contribution in [1.29, 1.82) is 0 Å². The van der Waals surface area contributed by atoms with Crippen molar-refractivity contribution in [1.82, 2.24) is 5.32 Å². The predicted molar refractivity (Wildman–Crippen MR) is 118 cm³/mol. The summed E-state index contributed by atoms with van der Waals surface area (Å²) in [6.45, 7) is 1.29. The number of ether oxygens (including phenoxy) is 3. The Hall–Kier alpha value is -4.05. The number of barbiturate groups is 1. The van der Waals surface area contributed by atoms with Gasteiger partial charge in [0.25, 0.3) is 11.8 Å². The van der Waals surface area contributed by atoms with Crippen LogP contribution in [0.15, 0.2) is 42.0 Å². The maximum absolute atomic E-state index is 13.0. The van der Waals surface area contributed by atoms with Crippen LogP contribution < -0.4 is 24.4 Å². The number of amides is 4. The molecular weight excluding hydrogens is 456 g/mol. The number of anilines is 1. The number of carboxylic acid groups (broad SMARTS) is 1. The number of halogens is 1. The van der Waals surface area contributed by atoms with Gasteiger partial charge >= 0.3 is 12.0 Å². The van der Waals surface area contributed by atoms with Crippen LogP contribution >= 0.6 is 11.6 Å². The number of nitrogens with one attached hydrogen (secondary N) is 1. The fourth-order valence-corrected chi connectivity index (χ4v) is 3.27. The highest BCUT2D eigenvalue weighted by Gasteiger charge is 2.37.